The highest BCUT2D eigenvalue weighted by molar-refractivity contribution is 7.80. The van der Waals surface area contributed by atoms with Crippen molar-refractivity contribution in [1.82, 2.24) is 10.3 Å². The Kier molecular flexibility index (Phi) is 7.55. The monoisotopic (exact) mass is 563 g/mol. The smallest absolute Gasteiger partial charge is 0.269 e. The number of nitro groups is 1. The molecule has 4 aromatic rings. The number of halogens is 1. The molecule has 12 heteroatoms. The average Bonchev–Trinajstić information content (AvgIpc) is 3.55. The van der Waals surface area contributed by atoms with Gasteiger partial charge in [0.1, 0.15) is 24.2 Å². The Labute approximate surface area is 233 Å². The minimum Gasteiger partial charge on any atom is -0.459 e. The first-order valence-corrected chi connectivity index (χ1v) is 12.6. The van der Waals surface area contributed by atoms with Crippen molar-refractivity contribution in [3.8, 4) is 11.3 Å². The number of carbonyl (C=O) groups excluding carboxylic acids is 1. The molecule has 0 bridgehead atoms. The predicted molar refractivity (Wildman–Crippen MR) is 151 cm³/mol. The van der Waals surface area contributed by atoms with Crippen molar-refractivity contribution in [1.29, 1.82) is 0 Å². The van der Waals surface area contributed by atoms with Crippen LogP contribution in [0.4, 0.5) is 17.1 Å². The molecule has 2 atom stereocenters. The number of pyridine rings is 1. The summed E-state index contributed by atoms with van der Waals surface area (Å²) in [6.07, 6.45) is 1.71. The van der Waals surface area contributed by atoms with Gasteiger partial charge in [0.15, 0.2) is 5.11 Å². The number of furan rings is 1. The zero-order chi connectivity index (χ0) is 27.5. The van der Waals surface area contributed by atoms with Crippen molar-refractivity contribution in [3.63, 3.8) is 0 Å². The van der Waals surface area contributed by atoms with Crippen LogP contribution in [-0.2, 0) is 9.53 Å². The van der Waals surface area contributed by atoms with Crippen molar-refractivity contribution in [2.45, 2.75) is 12.1 Å². The van der Waals surface area contributed by atoms with Crippen LogP contribution in [0.5, 0.6) is 0 Å². The van der Waals surface area contributed by atoms with Crippen LogP contribution in [0.15, 0.2) is 83.4 Å². The molecular formula is C27H22ClN5O5S. The number of benzene rings is 2. The minimum atomic E-state index is -0.447. The van der Waals surface area contributed by atoms with E-state index in [9.17, 15) is 14.9 Å². The maximum absolute atomic E-state index is 12.0. The largest absolute Gasteiger partial charge is 0.459 e. The summed E-state index contributed by atoms with van der Waals surface area (Å²) >= 11 is 12.3. The van der Waals surface area contributed by atoms with E-state index in [4.69, 9.17) is 33.0 Å². The van der Waals surface area contributed by atoms with Gasteiger partial charge in [-0.3, -0.25) is 19.9 Å². The van der Waals surface area contributed by atoms with Crippen molar-refractivity contribution < 1.29 is 18.9 Å². The number of rotatable bonds is 8. The Bertz CT molecular complexity index is 1530. The van der Waals surface area contributed by atoms with Gasteiger partial charge in [-0.05, 0) is 66.8 Å². The molecule has 1 aliphatic rings. The number of amides is 1. The van der Waals surface area contributed by atoms with Crippen LogP contribution in [-0.4, -0.2) is 34.6 Å². The van der Waals surface area contributed by atoms with Crippen molar-refractivity contribution in [3.05, 3.63) is 106 Å². The summed E-state index contributed by atoms with van der Waals surface area (Å²) in [6.45, 7) is -0.0956. The molecule has 0 radical (unpaired) electrons. The van der Waals surface area contributed by atoms with Crippen LogP contribution >= 0.6 is 23.8 Å². The molecule has 2 N–H and O–H groups in total. The van der Waals surface area contributed by atoms with Gasteiger partial charge in [0.25, 0.3) is 5.69 Å². The van der Waals surface area contributed by atoms with E-state index in [0.717, 1.165) is 5.69 Å². The first-order chi connectivity index (χ1) is 18.9. The number of non-ortho nitro benzene ring substituents is 1. The van der Waals surface area contributed by atoms with Crippen LogP contribution in [0.25, 0.3) is 11.3 Å². The van der Waals surface area contributed by atoms with Crippen LogP contribution in [0, 0.1) is 10.1 Å². The fraction of sp³-hybridized carbons (Fsp3) is 0.148. The molecule has 0 spiro atoms. The van der Waals surface area contributed by atoms with E-state index >= 15 is 0 Å². The lowest BCUT2D eigenvalue weighted by Gasteiger charge is -2.26. The number of nitrogens with one attached hydrogen (secondary N) is 2. The molecule has 2 aromatic heterocycles. The minimum absolute atomic E-state index is 0.00371. The van der Waals surface area contributed by atoms with Gasteiger partial charge < -0.3 is 24.7 Å². The Morgan fingerprint density at radius 2 is 2.00 bits per heavy atom. The molecule has 1 saturated heterocycles. The van der Waals surface area contributed by atoms with E-state index in [1.165, 1.54) is 19.2 Å². The summed E-state index contributed by atoms with van der Waals surface area (Å²) in [5.74, 6) is 0.819. The van der Waals surface area contributed by atoms with Gasteiger partial charge in [-0.25, -0.2) is 0 Å². The molecule has 10 nitrogen and oxygen atoms in total. The Morgan fingerprint density at radius 3 is 2.67 bits per heavy atom. The summed E-state index contributed by atoms with van der Waals surface area (Å²) in [5, 5.41) is 17.9. The highest BCUT2D eigenvalue weighted by Gasteiger charge is 2.42. The Balaban J connectivity index is 1.52. The zero-order valence-corrected chi connectivity index (χ0v) is 22.1. The summed E-state index contributed by atoms with van der Waals surface area (Å²) in [6, 6.07) is 19.9. The second-order valence-electron chi connectivity index (χ2n) is 8.65. The van der Waals surface area contributed by atoms with E-state index in [2.05, 4.69) is 15.6 Å². The SMILES string of the molecule is COCC(=O)Nc1ccc(N2C(=S)NC(c3ccccn3)C2c2ccc(-c3ccc([N+](=O)[O-])cc3)o2)cc1Cl. The number of nitrogens with zero attached hydrogens (tertiary/aromatic N) is 3. The van der Waals surface area contributed by atoms with Crippen molar-refractivity contribution >= 4 is 51.9 Å². The molecule has 0 aliphatic carbocycles. The number of ether oxygens (including phenoxy) is 1. The number of nitro benzene ring substituents is 1. The molecule has 198 valence electrons. The molecular weight excluding hydrogens is 542 g/mol. The lowest BCUT2D eigenvalue weighted by molar-refractivity contribution is -0.384. The van der Waals surface area contributed by atoms with Gasteiger partial charge in [-0.15, -0.1) is 0 Å². The van der Waals surface area contributed by atoms with Gasteiger partial charge in [-0.2, -0.15) is 0 Å². The maximum Gasteiger partial charge on any atom is 0.269 e. The Morgan fingerprint density at radius 1 is 1.21 bits per heavy atom. The van der Waals surface area contributed by atoms with Crippen LogP contribution in [0.3, 0.4) is 0 Å². The third kappa shape index (κ3) is 5.46. The number of methoxy groups -OCH3 is 1. The van der Waals surface area contributed by atoms with Gasteiger partial charge in [0.05, 0.1) is 27.4 Å². The fourth-order valence-electron chi connectivity index (χ4n) is 4.41. The summed E-state index contributed by atoms with van der Waals surface area (Å²) in [5.41, 5.74) is 2.57. The van der Waals surface area contributed by atoms with E-state index in [-0.39, 0.29) is 24.2 Å². The van der Waals surface area contributed by atoms with Crippen LogP contribution in [0.1, 0.15) is 23.5 Å². The molecule has 2 aromatic carbocycles. The third-order valence-corrected chi connectivity index (χ3v) is 6.79. The second-order valence-corrected chi connectivity index (χ2v) is 9.44. The van der Waals surface area contributed by atoms with Crippen LogP contribution < -0.4 is 15.5 Å². The normalized spacial score (nSPS) is 16.7. The van der Waals surface area contributed by atoms with Gasteiger partial charge in [0.2, 0.25) is 5.91 Å². The number of hydrogen-bond donors (Lipinski definition) is 2. The maximum atomic E-state index is 12.0. The summed E-state index contributed by atoms with van der Waals surface area (Å²) in [4.78, 5) is 29.0. The molecule has 3 heterocycles. The molecule has 1 fully saturated rings. The van der Waals surface area contributed by atoms with Crippen LogP contribution in [0.2, 0.25) is 5.02 Å². The van der Waals surface area contributed by atoms with Gasteiger partial charge in [-0.1, -0.05) is 17.7 Å². The van der Waals surface area contributed by atoms with Gasteiger partial charge in [0, 0.05) is 36.7 Å². The average molecular weight is 564 g/mol. The third-order valence-electron chi connectivity index (χ3n) is 6.16. The lowest BCUT2D eigenvalue weighted by Crippen LogP contribution is -2.29. The molecule has 1 amide bonds. The number of anilines is 2. The molecule has 5 rings (SSSR count). The van der Waals surface area contributed by atoms with Crippen molar-refractivity contribution in [2.24, 2.45) is 0 Å². The van der Waals surface area contributed by atoms with E-state index < -0.39 is 11.0 Å². The number of aromatic nitrogens is 1. The zero-order valence-electron chi connectivity index (χ0n) is 20.5. The Hall–Kier alpha value is -4.32. The molecule has 1 aliphatic heterocycles. The first-order valence-electron chi connectivity index (χ1n) is 11.8. The van der Waals surface area contributed by atoms with Crippen molar-refractivity contribution in [2.75, 3.05) is 23.9 Å². The summed E-state index contributed by atoms with van der Waals surface area (Å²) in [7, 11) is 1.44. The van der Waals surface area contributed by atoms with E-state index in [0.29, 0.717) is 38.6 Å². The quantitative estimate of drug-likeness (QED) is 0.159. The molecule has 0 saturated carbocycles. The topological polar surface area (TPSA) is 123 Å². The fourth-order valence-corrected chi connectivity index (χ4v) is 4.98. The lowest BCUT2D eigenvalue weighted by atomic mass is 10.0. The summed E-state index contributed by atoms with van der Waals surface area (Å²) < 4.78 is 11.2. The van der Waals surface area contributed by atoms with E-state index in [1.807, 2.05) is 35.2 Å². The highest BCUT2D eigenvalue weighted by Crippen LogP contribution is 2.44. The molecule has 2 unspecified atom stereocenters. The standard InChI is InChI=1S/C27H22ClN5O5S/c1-37-15-24(34)30-20-10-9-18(14-19(20)28)32-26(25(31-27(32)39)21-4-2-3-13-29-21)23-12-11-22(38-23)16-5-7-17(8-6-16)33(35)36/h2-14,25-26H,15H2,1H3,(H,30,34)(H,31,39). The van der Waals surface area contributed by atoms with E-state index in [1.54, 1.807) is 36.5 Å². The van der Waals surface area contributed by atoms with Gasteiger partial charge >= 0.3 is 0 Å². The number of hydrogen-bond acceptors (Lipinski definition) is 7. The highest BCUT2D eigenvalue weighted by atomic mass is 35.5. The molecule has 39 heavy (non-hydrogen) atoms. The second kappa shape index (κ2) is 11.2. The number of carbonyl (C=O) groups is 1. The number of thiocarbonyl (C=S) groups is 1. The first kappa shape index (κ1) is 26.3. The predicted octanol–water partition coefficient (Wildman–Crippen LogP) is 5.67.